The van der Waals surface area contributed by atoms with Gasteiger partial charge in [-0.1, -0.05) is 71.9 Å². The van der Waals surface area contributed by atoms with Crippen LogP contribution in [0.25, 0.3) is 22.0 Å². The monoisotopic (exact) mass is 513 g/mol. The van der Waals surface area contributed by atoms with Gasteiger partial charge in [0.15, 0.2) is 5.16 Å². The van der Waals surface area contributed by atoms with Crippen LogP contribution >= 0.6 is 23.4 Å². The minimum absolute atomic E-state index is 0.00800. The predicted molar refractivity (Wildman–Crippen MR) is 144 cm³/mol. The third-order valence-corrected chi connectivity index (χ3v) is 7.30. The van der Waals surface area contributed by atoms with E-state index in [9.17, 15) is 14.9 Å². The third kappa shape index (κ3) is 4.63. The van der Waals surface area contributed by atoms with Crippen LogP contribution in [-0.4, -0.2) is 20.4 Å². The van der Waals surface area contributed by atoms with Gasteiger partial charge >= 0.3 is 0 Å². The lowest BCUT2D eigenvalue weighted by atomic mass is 10.0. The number of benzene rings is 4. The van der Waals surface area contributed by atoms with Crippen LogP contribution in [0.4, 0.5) is 5.69 Å². The second-order valence-corrected chi connectivity index (χ2v) is 9.59. The van der Waals surface area contributed by atoms with Crippen LogP contribution in [-0.2, 0) is 5.75 Å². The van der Waals surface area contributed by atoms with Crippen molar-refractivity contribution in [1.29, 1.82) is 0 Å². The summed E-state index contributed by atoms with van der Waals surface area (Å²) >= 11 is 7.79. The Morgan fingerprint density at radius 1 is 1.00 bits per heavy atom. The van der Waals surface area contributed by atoms with Gasteiger partial charge in [0.05, 0.1) is 21.2 Å². The van der Waals surface area contributed by atoms with Crippen LogP contribution in [0.1, 0.15) is 21.5 Å². The number of carbonyl (C=O) groups excluding carboxylic acids is 1. The van der Waals surface area contributed by atoms with Crippen molar-refractivity contribution in [2.24, 2.45) is 0 Å². The van der Waals surface area contributed by atoms with Crippen LogP contribution in [0.5, 0.6) is 0 Å². The molecular formula is C28H20ClN3O3S. The van der Waals surface area contributed by atoms with E-state index in [1.165, 1.54) is 34.0 Å². The highest BCUT2D eigenvalue weighted by Gasteiger charge is 2.20. The number of nitro benzene ring substituents is 1. The van der Waals surface area contributed by atoms with E-state index in [4.69, 9.17) is 16.6 Å². The minimum atomic E-state index is -0.447. The number of rotatable bonds is 6. The highest BCUT2D eigenvalue weighted by Crippen LogP contribution is 2.32. The molecule has 0 saturated heterocycles. The molecule has 0 aliphatic carbocycles. The standard InChI is InChI=1S/C28H20ClN3O3S/c1-18-10-11-19-6-2-3-7-22(19)24(18)17-36-28-30-26(20-12-14-21(15-13-20)32(34)35)16-31(28)27(33)23-8-4-5-9-25(23)29/h2-16H,17H2,1H3. The number of halogens is 1. The molecule has 0 aliphatic heterocycles. The van der Waals surface area contributed by atoms with E-state index < -0.39 is 4.92 Å². The zero-order valence-electron chi connectivity index (χ0n) is 19.2. The summed E-state index contributed by atoms with van der Waals surface area (Å²) in [6.07, 6.45) is 1.66. The molecule has 0 N–H and O–H groups in total. The topological polar surface area (TPSA) is 78.0 Å². The highest BCUT2D eigenvalue weighted by atomic mass is 35.5. The Morgan fingerprint density at radius 3 is 2.47 bits per heavy atom. The number of aryl methyl sites for hydroxylation is 1. The summed E-state index contributed by atoms with van der Waals surface area (Å²) in [4.78, 5) is 28.9. The van der Waals surface area contributed by atoms with Crippen LogP contribution < -0.4 is 0 Å². The second-order valence-electron chi connectivity index (χ2n) is 8.24. The van der Waals surface area contributed by atoms with Crippen molar-refractivity contribution in [3.63, 3.8) is 0 Å². The number of aromatic nitrogens is 2. The molecule has 1 heterocycles. The SMILES string of the molecule is Cc1ccc2ccccc2c1CSc1nc(-c2ccc([N+](=O)[O-])cc2)cn1C(=O)c1ccccc1Cl. The fraction of sp³-hybridized carbons (Fsp3) is 0.0714. The molecule has 5 rings (SSSR count). The number of fused-ring (bicyclic) bond motifs is 1. The number of non-ortho nitro benzene ring substituents is 1. The van der Waals surface area contributed by atoms with Gasteiger partial charge in [-0.25, -0.2) is 4.98 Å². The van der Waals surface area contributed by atoms with E-state index in [0.717, 1.165) is 16.3 Å². The largest absolute Gasteiger partial charge is 0.269 e. The Morgan fingerprint density at radius 2 is 1.72 bits per heavy atom. The summed E-state index contributed by atoms with van der Waals surface area (Å²) in [5, 5.41) is 14.2. The molecular weight excluding hydrogens is 494 g/mol. The second kappa shape index (κ2) is 9.97. The van der Waals surface area contributed by atoms with E-state index in [2.05, 4.69) is 31.2 Å². The average molecular weight is 514 g/mol. The molecule has 8 heteroatoms. The summed E-state index contributed by atoms with van der Waals surface area (Å²) in [6, 6.07) is 25.4. The van der Waals surface area contributed by atoms with Gasteiger partial charge in [0.1, 0.15) is 0 Å². The van der Waals surface area contributed by atoms with Gasteiger partial charge in [-0.2, -0.15) is 0 Å². The van der Waals surface area contributed by atoms with Crippen molar-refractivity contribution in [2.45, 2.75) is 17.8 Å². The molecule has 4 aromatic carbocycles. The Hall–Kier alpha value is -3.94. The molecule has 0 spiro atoms. The van der Waals surface area contributed by atoms with Crippen molar-refractivity contribution in [2.75, 3.05) is 0 Å². The summed E-state index contributed by atoms with van der Waals surface area (Å²) < 4.78 is 1.50. The van der Waals surface area contributed by atoms with Gasteiger partial charge in [0.25, 0.3) is 11.6 Å². The lowest BCUT2D eigenvalue weighted by Gasteiger charge is -2.11. The summed E-state index contributed by atoms with van der Waals surface area (Å²) in [6.45, 7) is 2.08. The Balaban J connectivity index is 1.55. The van der Waals surface area contributed by atoms with E-state index in [0.29, 0.717) is 32.8 Å². The fourth-order valence-corrected chi connectivity index (χ4v) is 5.35. The molecule has 5 aromatic rings. The van der Waals surface area contributed by atoms with E-state index in [-0.39, 0.29) is 11.6 Å². The Labute approximate surface area is 216 Å². The molecule has 0 radical (unpaired) electrons. The molecule has 0 bridgehead atoms. The number of imidazole rings is 1. The van der Waals surface area contributed by atoms with Gasteiger partial charge in [0, 0.05) is 29.6 Å². The zero-order valence-corrected chi connectivity index (χ0v) is 20.8. The Bertz CT molecular complexity index is 1610. The van der Waals surface area contributed by atoms with Crippen molar-refractivity contribution >= 4 is 45.7 Å². The number of carbonyl (C=O) groups is 1. The molecule has 6 nitrogen and oxygen atoms in total. The number of nitro groups is 1. The maximum Gasteiger partial charge on any atom is 0.269 e. The quantitative estimate of drug-likeness (QED) is 0.133. The molecule has 0 atom stereocenters. The number of hydrogen-bond donors (Lipinski definition) is 0. The van der Waals surface area contributed by atoms with Crippen molar-refractivity contribution in [1.82, 2.24) is 9.55 Å². The normalized spacial score (nSPS) is 11.1. The maximum absolute atomic E-state index is 13.5. The van der Waals surface area contributed by atoms with Crippen molar-refractivity contribution in [3.05, 3.63) is 123 Å². The molecule has 0 aliphatic rings. The smallest absolute Gasteiger partial charge is 0.268 e. The highest BCUT2D eigenvalue weighted by molar-refractivity contribution is 7.98. The van der Waals surface area contributed by atoms with Crippen LogP contribution in [0.3, 0.4) is 0 Å². The number of thioether (sulfide) groups is 1. The molecule has 36 heavy (non-hydrogen) atoms. The van der Waals surface area contributed by atoms with Gasteiger partial charge in [-0.15, -0.1) is 0 Å². The van der Waals surface area contributed by atoms with Crippen LogP contribution in [0.15, 0.2) is 96.3 Å². The molecule has 1 aromatic heterocycles. The van der Waals surface area contributed by atoms with Gasteiger partial charge in [0.2, 0.25) is 0 Å². The maximum atomic E-state index is 13.5. The third-order valence-electron chi connectivity index (χ3n) is 5.99. The number of nitrogens with zero attached hydrogens (tertiary/aromatic N) is 3. The minimum Gasteiger partial charge on any atom is -0.268 e. The van der Waals surface area contributed by atoms with Gasteiger partial charge in [-0.3, -0.25) is 19.5 Å². The van der Waals surface area contributed by atoms with E-state index in [1.54, 1.807) is 42.6 Å². The van der Waals surface area contributed by atoms with Crippen molar-refractivity contribution < 1.29 is 9.72 Å². The molecule has 178 valence electrons. The zero-order chi connectivity index (χ0) is 25.2. The average Bonchev–Trinajstić information content (AvgIpc) is 3.32. The van der Waals surface area contributed by atoms with E-state index >= 15 is 0 Å². The molecule has 0 saturated carbocycles. The number of hydrogen-bond acceptors (Lipinski definition) is 5. The first-order valence-electron chi connectivity index (χ1n) is 11.2. The first kappa shape index (κ1) is 23.8. The first-order chi connectivity index (χ1) is 17.4. The van der Waals surface area contributed by atoms with Crippen LogP contribution in [0.2, 0.25) is 5.02 Å². The summed E-state index contributed by atoms with van der Waals surface area (Å²) in [5.74, 6) is 0.318. The lowest BCUT2D eigenvalue weighted by Crippen LogP contribution is -2.12. The molecule has 0 amide bonds. The van der Waals surface area contributed by atoms with Gasteiger partial charge in [-0.05, 0) is 53.1 Å². The molecule has 0 fully saturated rings. The van der Waals surface area contributed by atoms with E-state index in [1.807, 2.05) is 12.1 Å². The first-order valence-corrected chi connectivity index (χ1v) is 12.5. The predicted octanol–water partition coefficient (Wildman–Crippen LogP) is 7.55. The summed E-state index contributed by atoms with van der Waals surface area (Å²) in [7, 11) is 0. The Kier molecular flexibility index (Phi) is 6.59. The summed E-state index contributed by atoms with van der Waals surface area (Å²) in [5.41, 5.74) is 3.92. The fourth-order valence-electron chi connectivity index (χ4n) is 4.04. The molecule has 0 unspecified atom stereocenters. The van der Waals surface area contributed by atoms with Crippen LogP contribution in [0, 0.1) is 17.0 Å². The van der Waals surface area contributed by atoms with Gasteiger partial charge < -0.3 is 0 Å². The lowest BCUT2D eigenvalue weighted by molar-refractivity contribution is -0.384. The van der Waals surface area contributed by atoms with Crippen molar-refractivity contribution in [3.8, 4) is 11.3 Å².